The van der Waals surface area contributed by atoms with Crippen molar-refractivity contribution in [2.75, 3.05) is 6.61 Å². The molecule has 1 aromatic rings. The van der Waals surface area contributed by atoms with Gasteiger partial charge < -0.3 is 14.5 Å². The third-order valence-electron chi connectivity index (χ3n) is 1.90. The van der Waals surface area contributed by atoms with E-state index in [2.05, 4.69) is 5.32 Å². The fourth-order valence-electron chi connectivity index (χ4n) is 1.14. The molecule has 88 valence electrons. The van der Waals surface area contributed by atoms with Gasteiger partial charge in [0.1, 0.15) is 5.76 Å². The number of ether oxygens (including phenoxy) is 1. The largest absolute Gasteiger partial charge is 0.467 e. The number of amides is 1. The number of carbonyl (C=O) groups is 2. The van der Waals surface area contributed by atoms with Crippen molar-refractivity contribution < 1.29 is 18.7 Å². The second-order valence-corrected chi connectivity index (χ2v) is 3.16. The summed E-state index contributed by atoms with van der Waals surface area (Å²) in [4.78, 5) is 22.2. The molecule has 0 radical (unpaired) electrons. The average molecular weight is 225 g/mol. The summed E-state index contributed by atoms with van der Waals surface area (Å²) < 4.78 is 9.75. The molecule has 0 unspecified atom stereocenters. The van der Waals surface area contributed by atoms with Crippen LogP contribution in [0.15, 0.2) is 22.8 Å². The molecule has 1 rings (SSSR count). The lowest BCUT2D eigenvalue weighted by atomic mass is 10.3. The van der Waals surface area contributed by atoms with Gasteiger partial charge in [-0.05, 0) is 19.1 Å². The number of rotatable bonds is 6. The highest BCUT2D eigenvalue weighted by Gasteiger charge is 2.07. The molecule has 0 fully saturated rings. The molecule has 0 aromatic carbocycles. The normalized spacial score (nSPS) is 9.81. The first-order valence-electron chi connectivity index (χ1n) is 5.17. The summed E-state index contributed by atoms with van der Waals surface area (Å²) in [6.45, 7) is 2.41. The summed E-state index contributed by atoms with van der Waals surface area (Å²) in [5.41, 5.74) is 0. The van der Waals surface area contributed by atoms with E-state index in [1.54, 1.807) is 25.3 Å². The molecule has 16 heavy (non-hydrogen) atoms. The minimum Gasteiger partial charge on any atom is -0.467 e. The van der Waals surface area contributed by atoms with Crippen LogP contribution in [-0.4, -0.2) is 18.5 Å². The fourth-order valence-corrected chi connectivity index (χ4v) is 1.14. The molecular formula is C11H15NO4. The second kappa shape index (κ2) is 6.66. The van der Waals surface area contributed by atoms with Crippen LogP contribution < -0.4 is 5.32 Å². The highest BCUT2D eigenvalue weighted by atomic mass is 16.5. The van der Waals surface area contributed by atoms with Crippen molar-refractivity contribution >= 4 is 11.9 Å². The van der Waals surface area contributed by atoms with Crippen molar-refractivity contribution in [1.29, 1.82) is 0 Å². The molecule has 0 aliphatic heterocycles. The Morgan fingerprint density at radius 1 is 1.44 bits per heavy atom. The van der Waals surface area contributed by atoms with Crippen LogP contribution in [0.25, 0.3) is 0 Å². The van der Waals surface area contributed by atoms with E-state index < -0.39 is 0 Å². The van der Waals surface area contributed by atoms with Crippen LogP contribution in [0.3, 0.4) is 0 Å². The minimum atomic E-state index is -0.351. The summed E-state index contributed by atoms with van der Waals surface area (Å²) in [5, 5.41) is 2.64. The average Bonchev–Trinajstić information content (AvgIpc) is 2.77. The molecule has 1 heterocycles. The van der Waals surface area contributed by atoms with Crippen molar-refractivity contribution in [2.24, 2.45) is 0 Å². The summed E-state index contributed by atoms with van der Waals surface area (Å²) in [6.07, 6.45) is 1.79. The van der Waals surface area contributed by atoms with Gasteiger partial charge >= 0.3 is 5.97 Å². The maximum Gasteiger partial charge on any atom is 0.306 e. The van der Waals surface area contributed by atoms with E-state index in [1.165, 1.54) is 0 Å². The van der Waals surface area contributed by atoms with E-state index in [4.69, 9.17) is 9.15 Å². The third-order valence-corrected chi connectivity index (χ3v) is 1.90. The molecule has 5 nitrogen and oxygen atoms in total. The highest BCUT2D eigenvalue weighted by molar-refractivity contribution is 5.81. The molecule has 0 atom stereocenters. The van der Waals surface area contributed by atoms with Crippen LogP contribution in [0.4, 0.5) is 0 Å². The molecule has 0 aliphatic rings. The zero-order chi connectivity index (χ0) is 11.8. The van der Waals surface area contributed by atoms with Gasteiger partial charge in [0.15, 0.2) is 0 Å². The van der Waals surface area contributed by atoms with Crippen LogP contribution >= 0.6 is 0 Å². The molecule has 1 amide bonds. The quantitative estimate of drug-likeness (QED) is 0.739. The first-order chi connectivity index (χ1) is 7.72. The smallest absolute Gasteiger partial charge is 0.306 e. The number of hydrogen-bond donors (Lipinski definition) is 1. The molecule has 0 aliphatic carbocycles. The van der Waals surface area contributed by atoms with Crippen molar-refractivity contribution in [3.05, 3.63) is 24.2 Å². The molecule has 5 heteroatoms. The highest BCUT2D eigenvalue weighted by Crippen LogP contribution is 1.99. The van der Waals surface area contributed by atoms with Gasteiger partial charge in [-0.2, -0.15) is 0 Å². The maximum atomic E-state index is 11.3. The number of carbonyl (C=O) groups excluding carboxylic acids is 2. The Balaban J connectivity index is 2.14. The van der Waals surface area contributed by atoms with E-state index >= 15 is 0 Å². The van der Waals surface area contributed by atoms with Crippen LogP contribution in [-0.2, 0) is 20.9 Å². The first kappa shape index (κ1) is 12.3. The SMILES string of the molecule is CCOC(=O)CCC(=O)NCc1ccco1. The van der Waals surface area contributed by atoms with Crippen LogP contribution in [0.1, 0.15) is 25.5 Å². The zero-order valence-corrected chi connectivity index (χ0v) is 9.19. The van der Waals surface area contributed by atoms with E-state index in [0.29, 0.717) is 18.9 Å². The lowest BCUT2D eigenvalue weighted by Gasteiger charge is -2.03. The van der Waals surface area contributed by atoms with Gasteiger partial charge in [0.25, 0.3) is 0 Å². The van der Waals surface area contributed by atoms with Crippen LogP contribution in [0, 0.1) is 0 Å². The Hall–Kier alpha value is -1.78. The van der Waals surface area contributed by atoms with Gasteiger partial charge in [-0.1, -0.05) is 0 Å². The summed E-state index contributed by atoms with van der Waals surface area (Å²) in [5.74, 6) is 0.143. The molecule has 1 aromatic heterocycles. The Kier molecular flexibility index (Phi) is 5.11. The Bertz CT molecular complexity index is 332. The van der Waals surface area contributed by atoms with Crippen molar-refractivity contribution in [2.45, 2.75) is 26.3 Å². The Morgan fingerprint density at radius 3 is 2.88 bits per heavy atom. The van der Waals surface area contributed by atoms with E-state index in [1.807, 2.05) is 0 Å². The number of nitrogens with one attached hydrogen (secondary N) is 1. The standard InChI is InChI=1S/C11H15NO4/c1-2-15-11(14)6-5-10(13)12-8-9-4-3-7-16-9/h3-4,7H,2,5-6,8H2,1H3,(H,12,13). The zero-order valence-electron chi connectivity index (χ0n) is 9.19. The summed E-state index contributed by atoms with van der Waals surface area (Å²) >= 11 is 0. The van der Waals surface area contributed by atoms with E-state index in [-0.39, 0.29) is 24.7 Å². The lowest BCUT2D eigenvalue weighted by molar-refractivity contribution is -0.144. The van der Waals surface area contributed by atoms with E-state index in [0.717, 1.165) is 0 Å². The monoisotopic (exact) mass is 225 g/mol. The minimum absolute atomic E-state index is 0.109. The third kappa shape index (κ3) is 4.63. The van der Waals surface area contributed by atoms with E-state index in [9.17, 15) is 9.59 Å². The Morgan fingerprint density at radius 2 is 2.25 bits per heavy atom. The predicted octanol–water partition coefficient (Wildman–Crippen LogP) is 1.24. The number of esters is 1. The van der Waals surface area contributed by atoms with Crippen LogP contribution in [0.2, 0.25) is 0 Å². The van der Waals surface area contributed by atoms with Gasteiger partial charge in [0, 0.05) is 6.42 Å². The number of furan rings is 1. The fraction of sp³-hybridized carbons (Fsp3) is 0.455. The molecule has 0 saturated carbocycles. The summed E-state index contributed by atoms with van der Waals surface area (Å²) in [6, 6.07) is 3.52. The van der Waals surface area contributed by atoms with Crippen molar-refractivity contribution in [3.8, 4) is 0 Å². The Labute approximate surface area is 93.8 Å². The molecule has 0 bridgehead atoms. The van der Waals surface area contributed by atoms with Crippen LogP contribution in [0.5, 0.6) is 0 Å². The van der Waals surface area contributed by atoms with Gasteiger partial charge in [-0.15, -0.1) is 0 Å². The van der Waals surface area contributed by atoms with Crippen molar-refractivity contribution in [1.82, 2.24) is 5.32 Å². The van der Waals surface area contributed by atoms with Crippen molar-refractivity contribution in [3.63, 3.8) is 0 Å². The lowest BCUT2D eigenvalue weighted by Crippen LogP contribution is -2.23. The predicted molar refractivity (Wildman–Crippen MR) is 56.4 cm³/mol. The van der Waals surface area contributed by atoms with Gasteiger partial charge in [-0.3, -0.25) is 9.59 Å². The molecule has 1 N–H and O–H groups in total. The van der Waals surface area contributed by atoms with Gasteiger partial charge in [0.05, 0.1) is 25.8 Å². The number of hydrogen-bond acceptors (Lipinski definition) is 4. The maximum absolute atomic E-state index is 11.3. The molecule has 0 spiro atoms. The summed E-state index contributed by atoms with van der Waals surface area (Å²) in [7, 11) is 0. The molecular weight excluding hydrogens is 210 g/mol. The molecule has 0 saturated heterocycles. The van der Waals surface area contributed by atoms with Gasteiger partial charge in [-0.25, -0.2) is 0 Å². The second-order valence-electron chi connectivity index (χ2n) is 3.16. The van der Waals surface area contributed by atoms with Gasteiger partial charge in [0.2, 0.25) is 5.91 Å². The topological polar surface area (TPSA) is 68.5 Å². The first-order valence-corrected chi connectivity index (χ1v) is 5.17.